The Morgan fingerprint density at radius 3 is 1.97 bits per heavy atom. The van der Waals surface area contributed by atoms with E-state index in [0.29, 0.717) is 33.5 Å². The summed E-state index contributed by atoms with van der Waals surface area (Å²) in [5.41, 5.74) is 2.25. The molecule has 0 aliphatic rings. The Labute approximate surface area is 179 Å². The number of hydrogen-bond acceptors (Lipinski definition) is 8. The van der Waals surface area contributed by atoms with Gasteiger partial charge in [-0.3, -0.25) is 0 Å². The molecule has 0 unspecified atom stereocenters. The van der Waals surface area contributed by atoms with Gasteiger partial charge in [0.15, 0.2) is 11.5 Å². The molecule has 1 N–H and O–H groups in total. The second-order valence-electron chi connectivity index (χ2n) is 6.11. The largest absolute Gasteiger partial charge is 0.497 e. The Morgan fingerprint density at radius 1 is 0.833 bits per heavy atom. The minimum absolute atomic E-state index is 0.422. The van der Waals surface area contributed by atoms with Crippen LogP contribution in [-0.2, 0) is 4.74 Å². The molecule has 0 radical (unpaired) electrons. The van der Waals surface area contributed by atoms with Crippen molar-refractivity contribution in [2.24, 2.45) is 0 Å². The SMILES string of the molecule is COC(=O)c1sc(-c2ccc(OC)cc2)cc1Nc1cc(OC)c(OC)c(OC)c1. The van der Waals surface area contributed by atoms with Crippen LogP contribution >= 0.6 is 11.3 Å². The molecule has 3 rings (SSSR count). The fourth-order valence-electron chi connectivity index (χ4n) is 2.93. The van der Waals surface area contributed by atoms with Crippen molar-refractivity contribution in [1.82, 2.24) is 0 Å². The van der Waals surface area contributed by atoms with Crippen LogP contribution in [0.15, 0.2) is 42.5 Å². The number of rotatable bonds is 8. The van der Waals surface area contributed by atoms with Gasteiger partial charge in [-0.2, -0.15) is 0 Å². The number of ether oxygens (including phenoxy) is 5. The number of esters is 1. The minimum Gasteiger partial charge on any atom is -0.497 e. The third kappa shape index (κ3) is 4.28. The standard InChI is InChI=1S/C22H23NO6S/c1-25-15-8-6-13(7-9-15)19-12-16(21(30-19)22(24)29-5)23-14-10-17(26-2)20(28-4)18(11-14)27-3/h6-12,23H,1-5H3. The van der Waals surface area contributed by atoms with E-state index in [9.17, 15) is 4.79 Å². The first-order valence-corrected chi connectivity index (χ1v) is 9.79. The Hall–Kier alpha value is -3.39. The monoisotopic (exact) mass is 429 g/mol. The molecule has 1 aromatic heterocycles. The maximum atomic E-state index is 12.4. The first-order valence-electron chi connectivity index (χ1n) is 8.98. The molecule has 0 fully saturated rings. The van der Waals surface area contributed by atoms with Crippen LogP contribution in [0.3, 0.4) is 0 Å². The Kier molecular flexibility index (Phi) is 6.68. The highest BCUT2D eigenvalue weighted by atomic mass is 32.1. The summed E-state index contributed by atoms with van der Waals surface area (Å²) in [5.74, 6) is 1.84. The highest BCUT2D eigenvalue weighted by Gasteiger charge is 2.20. The average Bonchev–Trinajstić information content (AvgIpc) is 3.21. The van der Waals surface area contributed by atoms with Crippen molar-refractivity contribution in [3.63, 3.8) is 0 Å². The average molecular weight is 429 g/mol. The fourth-order valence-corrected chi connectivity index (χ4v) is 3.97. The predicted molar refractivity (Wildman–Crippen MR) is 117 cm³/mol. The Bertz CT molecular complexity index is 1000. The summed E-state index contributed by atoms with van der Waals surface area (Å²) in [6.45, 7) is 0. The van der Waals surface area contributed by atoms with E-state index in [1.807, 2.05) is 30.3 Å². The normalized spacial score (nSPS) is 10.3. The van der Waals surface area contributed by atoms with E-state index >= 15 is 0 Å². The van der Waals surface area contributed by atoms with Gasteiger partial charge in [0.2, 0.25) is 5.75 Å². The predicted octanol–water partition coefficient (Wildman–Crippen LogP) is 4.98. The van der Waals surface area contributed by atoms with Crippen molar-refractivity contribution in [2.45, 2.75) is 0 Å². The van der Waals surface area contributed by atoms with Gasteiger partial charge < -0.3 is 29.0 Å². The van der Waals surface area contributed by atoms with Crippen molar-refractivity contribution in [3.8, 4) is 33.4 Å². The van der Waals surface area contributed by atoms with Crippen LogP contribution in [0.1, 0.15) is 9.67 Å². The molecular weight excluding hydrogens is 406 g/mol. The molecule has 2 aromatic carbocycles. The molecule has 0 aliphatic carbocycles. The molecule has 0 spiro atoms. The summed E-state index contributed by atoms with van der Waals surface area (Å²) in [6.07, 6.45) is 0. The third-order valence-corrected chi connectivity index (χ3v) is 5.59. The molecular formula is C22H23NO6S. The topological polar surface area (TPSA) is 75.3 Å². The smallest absolute Gasteiger partial charge is 0.350 e. The molecule has 0 amide bonds. The van der Waals surface area contributed by atoms with Crippen molar-refractivity contribution in [2.75, 3.05) is 40.9 Å². The first kappa shape index (κ1) is 21.3. The van der Waals surface area contributed by atoms with E-state index in [-0.39, 0.29) is 0 Å². The van der Waals surface area contributed by atoms with Crippen molar-refractivity contribution in [3.05, 3.63) is 47.3 Å². The number of anilines is 2. The van der Waals surface area contributed by atoms with Crippen molar-refractivity contribution < 1.29 is 28.5 Å². The minimum atomic E-state index is -0.422. The van der Waals surface area contributed by atoms with Crippen LogP contribution in [0.5, 0.6) is 23.0 Å². The first-order chi connectivity index (χ1) is 14.5. The quantitative estimate of drug-likeness (QED) is 0.506. The van der Waals surface area contributed by atoms with Gasteiger partial charge in [-0.15, -0.1) is 11.3 Å². The maximum absolute atomic E-state index is 12.4. The van der Waals surface area contributed by atoms with E-state index in [1.165, 1.54) is 18.4 Å². The molecule has 158 valence electrons. The molecule has 0 saturated carbocycles. The van der Waals surface area contributed by atoms with E-state index < -0.39 is 5.97 Å². The van der Waals surface area contributed by atoms with E-state index in [1.54, 1.807) is 40.6 Å². The number of carbonyl (C=O) groups excluding carboxylic acids is 1. The molecule has 0 bridgehead atoms. The van der Waals surface area contributed by atoms with Crippen LogP contribution in [0.25, 0.3) is 10.4 Å². The summed E-state index contributed by atoms with van der Waals surface area (Å²) in [5, 5.41) is 3.27. The van der Waals surface area contributed by atoms with Gasteiger partial charge in [-0.05, 0) is 35.9 Å². The molecule has 3 aromatic rings. The molecule has 7 nitrogen and oxygen atoms in total. The maximum Gasteiger partial charge on any atom is 0.350 e. The number of methoxy groups -OCH3 is 5. The number of thiophene rings is 1. The molecule has 0 atom stereocenters. The second-order valence-corrected chi connectivity index (χ2v) is 7.16. The summed E-state index contributed by atoms with van der Waals surface area (Å²) >= 11 is 1.34. The number of carbonyl (C=O) groups is 1. The fraction of sp³-hybridized carbons (Fsp3) is 0.227. The number of benzene rings is 2. The third-order valence-electron chi connectivity index (χ3n) is 4.42. The van der Waals surface area contributed by atoms with Gasteiger partial charge in [0.1, 0.15) is 10.6 Å². The summed E-state index contributed by atoms with van der Waals surface area (Å²) in [4.78, 5) is 13.7. The molecule has 1 heterocycles. The van der Waals surface area contributed by atoms with Gasteiger partial charge in [-0.25, -0.2) is 4.79 Å². The Balaban J connectivity index is 2.02. The zero-order valence-electron chi connectivity index (χ0n) is 17.4. The van der Waals surface area contributed by atoms with Crippen LogP contribution < -0.4 is 24.3 Å². The summed E-state index contributed by atoms with van der Waals surface area (Å²) in [7, 11) is 7.62. The summed E-state index contributed by atoms with van der Waals surface area (Å²) < 4.78 is 26.4. The Morgan fingerprint density at radius 2 is 1.47 bits per heavy atom. The summed E-state index contributed by atoms with van der Waals surface area (Å²) in [6, 6.07) is 13.1. The van der Waals surface area contributed by atoms with Crippen LogP contribution in [0.2, 0.25) is 0 Å². The van der Waals surface area contributed by atoms with Crippen LogP contribution in [0, 0.1) is 0 Å². The lowest BCUT2D eigenvalue weighted by atomic mass is 10.1. The van der Waals surface area contributed by atoms with E-state index in [0.717, 1.165) is 16.2 Å². The van der Waals surface area contributed by atoms with Gasteiger partial charge in [-0.1, -0.05) is 0 Å². The highest BCUT2D eigenvalue weighted by Crippen LogP contribution is 2.42. The molecule has 0 saturated heterocycles. The lowest BCUT2D eigenvalue weighted by molar-refractivity contribution is 0.0607. The molecule has 8 heteroatoms. The number of hydrogen-bond donors (Lipinski definition) is 1. The van der Waals surface area contributed by atoms with Crippen LogP contribution in [0.4, 0.5) is 11.4 Å². The van der Waals surface area contributed by atoms with E-state index in [2.05, 4.69) is 5.32 Å². The van der Waals surface area contributed by atoms with Crippen molar-refractivity contribution >= 4 is 28.7 Å². The van der Waals surface area contributed by atoms with Gasteiger partial charge in [0.25, 0.3) is 0 Å². The van der Waals surface area contributed by atoms with E-state index in [4.69, 9.17) is 23.7 Å². The lowest BCUT2D eigenvalue weighted by Crippen LogP contribution is -2.03. The lowest BCUT2D eigenvalue weighted by Gasteiger charge is -2.15. The van der Waals surface area contributed by atoms with Gasteiger partial charge in [0.05, 0.1) is 41.2 Å². The number of nitrogens with one attached hydrogen (secondary N) is 1. The zero-order chi connectivity index (χ0) is 21.7. The van der Waals surface area contributed by atoms with Crippen LogP contribution in [-0.4, -0.2) is 41.5 Å². The molecule has 30 heavy (non-hydrogen) atoms. The van der Waals surface area contributed by atoms with Gasteiger partial charge in [0, 0.05) is 22.7 Å². The van der Waals surface area contributed by atoms with Gasteiger partial charge >= 0.3 is 5.97 Å². The second kappa shape index (κ2) is 9.41. The highest BCUT2D eigenvalue weighted by molar-refractivity contribution is 7.18. The van der Waals surface area contributed by atoms with Crippen molar-refractivity contribution in [1.29, 1.82) is 0 Å². The zero-order valence-corrected chi connectivity index (χ0v) is 18.2. The molecule has 0 aliphatic heterocycles.